The lowest BCUT2D eigenvalue weighted by atomic mass is 9.98. The maximum atomic E-state index is 12.5. The topological polar surface area (TPSA) is 42.1 Å². The fourth-order valence-corrected chi connectivity index (χ4v) is 4.38. The number of benzene rings is 1. The SMILES string of the molecule is C[N+]1(C)[C@@H]2CC[C@H]1CC(OC(=O)c1c[nH]c3ccccc13)C2.[I-]. The Bertz CT molecular complexity index is 709. The van der Waals surface area contributed by atoms with Crippen LogP contribution in [0, 0.1) is 0 Å². The maximum absolute atomic E-state index is 12.5. The Morgan fingerprint density at radius 3 is 2.52 bits per heavy atom. The second-order valence-electron chi connectivity index (χ2n) is 7.26. The molecule has 0 aliphatic carbocycles. The van der Waals surface area contributed by atoms with Crippen molar-refractivity contribution in [3.63, 3.8) is 0 Å². The Morgan fingerprint density at radius 2 is 1.83 bits per heavy atom. The Morgan fingerprint density at radius 1 is 1.17 bits per heavy atom. The number of piperidine rings is 1. The molecule has 0 radical (unpaired) electrons. The summed E-state index contributed by atoms with van der Waals surface area (Å²) in [5, 5.41) is 0.947. The lowest BCUT2D eigenvalue weighted by Crippen LogP contribution is -3.00. The summed E-state index contributed by atoms with van der Waals surface area (Å²) in [5.41, 5.74) is 1.64. The first kappa shape index (κ1) is 16.8. The van der Waals surface area contributed by atoms with E-state index in [1.54, 1.807) is 6.20 Å². The van der Waals surface area contributed by atoms with Gasteiger partial charge in [-0.15, -0.1) is 0 Å². The lowest BCUT2D eigenvalue weighted by Gasteiger charge is -2.43. The number of para-hydroxylation sites is 1. The summed E-state index contributed by atoms with van der Waals surface area (Å²) in [4.78, 5) is 15.7. The molecule has 0 saturated carbocycles. The van der Waals surface area contributed by atoms with Crippen molar-refractivity contribution in [1.29, 1.82) is 0 Å². The molecule has 1 aromatic carbocycles. The number of carbonyl (C=O) groups is 1. The van der Waals surface area contributed by atoms with E-state index in [4.69, 9.17) is 4.74 Å². The van der Waals surface area contributed by atoms with E-state index in [1.807, 2.05) is 24.3 Å². The second-order valence-corrected chi connectivity index (χ2v) is 7.26. The molecule has 2 fully saturated rings. The molecule has 124 valence electrons. The number of aromatic nitrogens is 1. The van der Waals surface area contributed by atoms with E-state index in [2.05, 4.69) is 19.1 Å². The molecule has 5 heteroatoms. The molecule has 1 unspecified atom stereocenters. The van der Waals surface area contributed by atoms with Crippen LogP contribution in [0.3, 0.4) is 0 Å². The quantitative estimate of drug-likeness (QED) is 0.421. The highest BCUT2D eigenvalue weighted by molar-refractivity contribution is 6.04. The van der Waals surface area contributed by atoms with Crippen LogP contribution in [0.2, 0.25) is 0 Å². The molecule has 4 nitrogen and oxygen atoms in total. The van der Waals surface area contributed by atoms with Gasteiger partial charge in [-0.05, 0) is 6.07 Å². The van der Waals surface area contributed by atoms with Crippen molar-refractivity contribution < 1.29 is 38.0 Å². The second kappa shape index (κ2) is 6.09. The highest BCUT2D eigenvalue weighted by Gasteiger charge is 2.49. The number of fused-ring (bicyclic) bond motifs is 3. The highest BCUT2D eigenvalue weighted by Crippen LogP contribution is 2.40. The van der Waals surface area contributed by atoms with Gasteiger partial charge in [-0.25, -0.2) is 4.79 Å². The molecule has 2 aliphatic rings. The van der Waals surface area contributed by atoms with Crippen LogP contribution >= 0.6 is 0 Å². The molecule has 2 aromatic rings. The minimum atomic E-state index is -0.186. The van der Waals surface area contributed by atoms with Crippen LogP contribution in [-0.2, 0) is 4.74 Å². The standard InChI is InChI=1S/C18H22N2O2.HI/c1-20(2)12-7-8-13(20)10-14(9-12)22-18(21)16-11-19-17-6-4-3-5-15(16)17;/h3-6,11-14H,7-10H2,1-2H3;1H/t12-,13+,14?;. The lowest BCUT2D eigenvalue weighted by molar-refractivity contribution is -0.931. The number of nitrogens with zero attached hydrogens (tertiary/aromatic N) is 1. The molecule has 4 rings (SSSR count). The Kier molecular flexibility index (Phi) is 4.44. The third-order valence-corrected chi connectivity index (χ3v) is 5.87. The minimum Gasteiger partial charge on any atom is -1.00 e. The number of nitrogens with one attached hydrogen (secondary N) is 1. The number of quaternary nitrogens is 1. The Balaban J connectivity index is 0.00000156. The average molecular weight is 426 g/mol. The molecule has 2 saturated heterocycles. The highest BCUT2D eigenvalue weighted by atomic mass is 127. The predicted octanol–water partition coefficient (Wildman–Crippen LogP) is 0.0985. The average Bonchev–Trinajstić information content (AvgIpc) is 2.94. The molecule has 3 heterocycles. The van der Waals surface area contributed by atoms with Gasteiger partial charge in [-0.2, -0.15) is 0 Å². The van der Waals surface area contributed by atoms with E-state index in [9.17, 15) is 4.79 Å². The molecule has 23 heavy (non-hydrogen) atoms. The smallest absolute Gasteiger partial charge is 0.340 e. The van der Waals surface area contributed by atoms with Crippen LogP contribution in [0.1, 0.15) is 36.0 Å². The van der Waals surface area contributed by atoms with E-state index in [-0.39, 0.29) is 36.0 Å². The Labute approximate surface area is 153 Å². The fourth-order valence-electron chi connectivity index (χ4n) is 4.38. The molecule has 3 atom stereocenters. The normalized spacial score (nSPS) is 28.3. The van der Waals surface area contributed by atoms with Crippen LogP contribution in [0.25, 0.3) is 10.9 Å². The van der Waals surface area contributed by atoms with E-state index >= 15 is 0 Å². The summed E-state index contributed by atoms with van der Waals surface area (Å²) >= 11 is 0. The number of esters is 1. The summed E-state index contributed by atoms with van der Waals surface area (Å²) in [5.74, 6) is -0.186. The third kappa shape index (κ3) is 2.78. The third-order valence-electron chi connectivity index (χ3n) is 5.87. The zero-order chi connectivity index (χ0) is 15.3. The molecule has 2 aliphatic heterocycles. The first-order valence-corrected chi connectivity index (χ1v) is 8.16. The first-order valence-electron chi connectivity index (χ1n) is 8.16. The first-order chi connectivity index (χ1) is 10.6. The Hall–Kier alpha value is -1.08. The zero-order valence-corrected chi connectivity index (χ0v) is 15.7. The summed E-state index contributed by atoms with van der Waals surface area (Å²) in [6.45, 7) is 0. The molecule has 1 N–H and O–H groups in total. The molecule has 0 spiro atoms. The van der Waals surface area contributed by atoms with Crippen LogP contribution in [-0.4, -0.2) is 47.7 Å². The van der Waals surface area contributed by atoms with Gasteiger partial charge in [-0.1, -0.05) is 18.2 Å². The van der Waals surface area contributed by atoms with Crippen molar-refractivity contribution in [3.05, 3.63) is 36.0 Å². The van der Waals surface area contributed by atoms with Gasteiger partial charge in [0.15, 0.2) is 0 Å². The number of carbonyl (C=O) groups excluding carboxylic acids is 1. The molecular formula is C18H23IN2O2. The molecule has 2 bridgehead atoms. The van der Waals surface area contributed by atoms with Gasteiger partial charge in [0.1, 0.15) is 6.10 Å². The van der Waals surface area contributed by atoms with Crippen LogP contribution in [0.5, 0.6) is 0 Å². The fraction of sp³-hybridized carbons (Fsp3) is 0.500. The van der Waals surface area contributed by atoms with Crippen molar-refractivity contribution in [3.8, 4) is 0 Å². The number of hydrogen-bond acceptors (Lipinski definition) is 2. The van der Waals surface area contributed by atoms with Gasteiger partial charge in [0, 0.05) is 42.8 Å². The number of ether oxygens (including phenoxy) is 1. The van der Waals surface area contributed by atoms with Crippen molar-refractivity contribution in [2.45, 2.75) is 43.9 Å². The summed E-state index contributed by atoms with van der Waals surface area (Å²) in [6, 6.07) is 9.14. The van der Waals surface area contributed by atoms with Crippen molar-refractivity contribution in [2.24, 2.45) is 0 Å². The zero-order valence-electron chi connectivity index (χ0n) is 13.6. The summed E-state index contributed by atoms with van der Waals surface area (Å²) in [6.07, 6.45) is 6.36. The number of halogens is 1. The van der Waals surface area contributed by atoms with Gasteiger partial charge < -0.3 is 38.2 Å². The van der Waals surface area contributed by atoms with Crippen LogP contribution < -0.4 is 24.0 Å². The van der Waals surface area contributed by atoms with Crippen molar-refractivity contribution in [2.75, 3.05) is 14.1 Å². The van der Waals surface area contributed by atoms with Crippen molar-refractivity contribution >= 4 is 16.9 Å². The summed E-state index contributed by atoms with van der Waals surface area (Å²) < 4.78 is 6.95. The van der Waals surface area contributed by atoms with E-state index < -0.39 is 0 Å². The van der Waals surface area contributed by atoms with E-state index in [1.165, 1.54) is 12.8 Å². The minimum absolute atomic E-state index is 0. The van der Waals surface area contributed by atoms with E-state index in [0.29, 0.717) is 17.6 Å². The summed E-state index contributed by atoms with van der Waals surface area (Å²) in [7, 11) is 4.64. The molecule has 0 amide bonds. The molecule has 1 aromatic heterocycles. The number of rotatable bonds is 2. The van der Waals surface area contributed by atoms with E-state index in [0.717, 1.165) is 28.2 Å². The predicted molar refractivity (Wildman–Crippen MR) is 85.7 cm³/mol. The number of H-pyrrole nitrogens is 1. The van der Waals surface area contributed by atoms with Gasteiger partial charge in [0.25, 0.3) is 0 Å². The van der Waals surface area contributed by atoms with Crippen LogP contribution in [0.4, 0.5) is 0 Å². The van der Waals surface area contributed by atoms with Gasteiger partial charge in [-0.3, -0.25) is 0 Å². The number of hydrogen-bond donors (Lipinski definition) is 1. The largest absolute Gasteiger partial charge is 1.00 e. The molecular weight excluding hydrogens is 403 g/mol. The maximum Gasteiger partial charge on any atom is 0.340 e. The van der Waals surface area contributed by atoms with Crippen LogP contribution in [0.15, 0.2) is 30.5 Å². The number of aromatic amines is 1. The van der Waals surface area contributed by atoms with Gasteiger partial charge in [0.2, 0.25) is 0 Å². The van der Waals surface area contributed by atoms with Gasteiger partial charge >= 0.3 is 5.97 Å². The monoisotopic (exact) mass is 426 g/mol. The van der Waals surface area contributed by atoms with Crippen molar-refractivity contribution in [1.82, 2.24) is 4.98 Å². The van der Waals surface area contributed by atoms with Gasteiger partial charge in [0.05, 0.1) is 31.7 Å².